The molecule has 0 spiro atoms. The van der Waals surface area contributed by atoms with Crippen LogP contribution in [-0.4, -0.2) is 21.8 Å². The Bertz CT molecular complexity index is 1160. The van der Waals surface area contributed by atoms with Gasteiger partial charge in [0.25, 0.3) is 5.78 Å². The van der Waals surface area contributed by atoms with E-state index in [4.69, 9.17) is 0 Å². The minimum Gasteiger partial charge on any atom is -0.507 e. The van der Waals surface area contributed by atoms with E-state index in [0.29, 0.717) is 10.7 Å². The average Bonchev–Trinajstić information content (AvgIpc) is 3.18. The maximum absolute atomic E-state index is 13.1. The number of hydrogen-bond acceptors (Lipinski definition) is 5. The number of rotatable bonds is 3. The topological polar surface area (TPSA) is 70.5 Å². The number of ketones is 1. The van der Waals surface area contributed by atoms with Gasteiger partial charge in [-0.05, 0) is 38.5 Å². The van der Waals surface area contributed by atoms with E-state index < -0.39 is 17.7 Å². The zero-order valence-electron chi connectivity index (χ0n) is 16.6. The van der Waals surface area contributed by atoms with Crippen LogP contribution in [0.3, 0.4) is 0 Å². The number of hydrogen-bond donors (Lipinski definition) is 1. The number of anilines is 1. The zero-order valence-corrected chi connectivity index (χ0v) is 19.0. The number of aromatic nitrogens is 1. The highest BCUT2D eigenvalue weighted by molar-refractivity contribution is 9.10. The molecule has 1 aliphatic rings. The molecule has 152 valence electrons. The Balaban J connectivity index is 1.94. The predicted molar refractivity (Wildman–Crippen MR) is 122 cm³/mol. The van der Waals surface area contributed by atoms with Gasteiger partial charge in [-0.1, -0.05) is 57.9 Å². The Morgan fingerprint density at radius 1 is 1.03 bits per heavy atom. The quantitative estimate of drug-likeness (QED) is 0.305. The lowest BCUT2D eigenvalue weighted by atomic mass is 9.95. The number of aryl methyl sites for hydroxylation is 3. The lowest BCUT2D eigenvalue weighted by Gasteiger charge is -2.23. The molecule has 1 aliphatic heterocycles. The van der Waals surface area contributed by atoms with Crippen LogP contribution in [0, 0.1) is 20.8 Å². The predicted octanol–water partition coefficient (Wildman–Crippen LogP) is 5.46. The normalized spacial score (nSPS) is 18.3. The maximum atomic E-state index is 13.1. The lowest BCUT2D eigenvalue weighted by molar-refractivity contribution is -0.132. The minimum absolute atomic E-state index is 0.0664. The molecular formula is C23H19BrN2O3S. The van der Waals surface area contributed by atoms with Gasteiger partial charge in [-0.2, -0.15) is 0 Å². The van der Waals surface area contributed by atoms with Crippen LogP contribution in [0.2, 0.25) is 0 Å². The standard InChI is InChI=1S/C23H19BrN2O3S/c1-12-4-6-16(7-5-12)20(27)18-19(15-8-10-17(24)11-9-15)26(22(29)21(18)28)23-25-13(2)14(3)30-23/h4-11,19,27H,1-3H3/b20-18+/t19-/m0/s1. The fourth-order valence-corrected chi connectivity index (χ4v) is 4.62. The first-order valence-electron chi connectivity index (χ1n) is 9.35. The molecule has 3 aromatic rings. The monoisotopic (exact) mass is 482 g/mol. The first-order valence-corrected chi connectivity index (χ1v) is 11.0. The second-order valence-corrected chi connectivity index (χ2v) is 9.32. The van der Waals surface area contributed by atoms with Crippen molar-refractivity contribution < 1.29 is 14.7 Å². The fourth-order valence-electron chi connectivity index (χ4n) is 3.42. The third-order valence-electron chi connectivity index (χ3n) is 5.18. The summed E-state index contributed by atoms with van der Waals surface area (Å²) in [4.78, 5) is 33.0. The summed E-state index contributed by atoms with van der Waals surface area (Å²) in [6.07, 6.45) is 0. The van der Waals surface area contributed by atoms with Crippen molar-refractivity contribution in [2.75, 3.05) is 4.90 Å². The number of aliphatic hydroxyl groups is 1. The SMILES string of the molecule is Cc1ccc(/C(O)=C2\C(=O)C(=O)N(c3nc(C)c(C)s3)[C@H]2c2ccc(Br)cc2)cc1. The van der Waals surface area contributed by atoms with E-state index >= 15 is 0 Å². The molecule has 4 rings (SSSR count). The lowest BCUT2D eigenvalue weighted by Crippen LogP contribution is -2.29. The van der Waals surface area contributed by atoms with Crippen molar-refractivity contribution in [3.63, 3.8) is 0 Å². The highest BCUT2D eigenvalue weighted by atomic mass is 79.9. The number of amides is 1. The summed E-state index contributed by atoms with van der Waals surface area (Å²) in [5.74, 6) is -1.59. The Kier molecular flexibility index (Phi) is 5.34. The Hall–Kier alpha value is -2.77. The van der Waals surface area contributed by atoms with Gasteiger partial charge in [-0.25, -0.2) is 4.98 Å². The van der Waals surface area contributed by atoms with Gasteiger partial charge in [0, 0.05) is 14.9 Å². The molecule has 30 heavy (non-hydrogen) atoms. The Labute approximate surface area is 186 Å². The molecule has 0 bridgehead atoms. The third kappa shape index (κ3) is 3.48. The highest BCUT2D eigenvalue weighted by Gasteiger charge is 2.48. The number of nitrogens with zero attached hydrogens (tertiary/aromatic N) is 2. The van der Waals surface area contributed by atoms with Crippen molar-refractivity contribution in [2.45, 2.75) is 26.8 Å². The number of carbonyl (C=O) groups is 2. The number of aliphatic hydroxyl groups excluding tert-OH is 1. The molecule has 1 atom stereocenters. The van der Waals surface area contributed by atoms with E-state index in [-0.39, 0.29) is 11.3 Å². The number of benzene rings is 2. The molecular weight excluding hydrogens is 464 g/mol. The molecule has 1 fully saturated rings. The summed E-state index contributed by atoms with van der Waals surface area (Å²) in [5.41, 5.74) is 3.12. The maximum Gasteiger partial charge on any atom is 0.301 e. The van der Waals surface area contributed by atoms with Gasteiger partial charge in [0.05, 0.1) is 17.3 Å². The molecule has 1 N–H and O–H groups in total. The van der Waals surface area contributed by atoms with Crippen LogP contribution in [0.4, 0.5) is 5.13 Å². The second kappa shape index (κ2) is 7.81. The van der Waals surface area contributed by atoms with Crippen molar-refractivity contribution in [3.05, 3.63) is 85.8 Å². The van der Waals surface area contributed by atoms with Gasteiger partial charge in [0.1, 0.15) is 5.76 Å². The van der Waals surface area contributed by atoms with E-state index in [1.165, 1.54) is 16.2 Å². The van der Waals surface area contributed by atoms with Gasteiger partial charge >= 0.3 is 5.91 Å². The highest BCUT2D eigenvalue weighted by Crippen LogP contribution is 2.43. The van der Waals surface area contributed by atoms with Crippen LogP contribution in [0.25, 0.3) is 5.76 Å². The zero-order chi connectivity index (χ0) is 21.6. The third-order valence-corrected chi connectivity index (χ3v) is 6.78. The number of thiazole rings is 1. The van der Waals surface area contributed by atoms with Crippen molar-refractivity contribution in [2.24, 2.45) is 0 Å². The van der Waals surface area contributed by atoms with Crippen molar-refractivity contribution in [1.29, 1.82) is 0 Å². The first-order chi connectivity index (χ1) is 14.3. The van der Waals surface area contributed by atoms with Crippen LogP contribution in [0.1, 0.15) is 33.3 Å². The van der Waals surface area contributed by atoms with Crippen molar-refractivity contribution >= 4 is 49.8 Å². The molecule has 0 aliphatic carbocycles. The minimum atomic E-state index is -0.760. The largest absolute Gasteiger partial charge is 0.507 e. The van der Waals surface area contributed by atoms with Gasteiger partial charge in [-0.15, -0.1) is 11.3 Å². The van der Waals surface area contributed by atoms with Crippen molar-refractivity contribution in [1.82, 2.24) is 4.98 Å². The molecule has 0 saturated carbocycles. The van der Waals surface area contributed by atoms with E-state index in [0.717, 1.165) is 26.2 Å². The number of Topliss-reactive ketones (excluding diaryl/α,β-unsaturated/α-hetero) is 1. The van der Waals surface area contributed by atoms with Crippen LogP contribution >= 0.6 is 27.3 Å². The molecule has 0 radical (unpaired) electrons. The molecule has 1 saturated heterocycles. The van der Waals surface area contributed by atoms with Gasteiger partial charge in [0.15, 0.2) is 5.13 Å². The molecule has 2 aromatic carbocycles. The van der Waals surface area contributed by atoms with Crippen molar-refractivity contribution in [3.8, 4) is 0 Å². The van der Waals surface area contributed by atoms with Crippen LogP contribution in [-0.2, 0) is 9.59 Å². The van der Waals surface area contributed by atoms with Gasteiger partial charge in [-0.3, -0.25) is 14.5 Å². The Morgan fingerprint density at radius 3 is 2.23 bits per heavy atom. The summed E-state index contributed by atoms with van der Waals surface area (Å²) in [5, 5.41) is 11.5. The van der Waals surface area contributed by atoms with Crippen LogP contribution < -0.4 is 4.90 Å². The molecule has 1 amide bonds. The molecule has 7 heteroatoms. The molecule has 0 unspecified atom stereocenters. The molecule has 2 heterocycles. The summed E-state index contributed by atoms with van der Waals surface area (Å²) < 4.78 is 0.877. The van der Waals surface area contributed by atoms with Gasteiger partial charge in [0.2, 0.25) is 0 Å². The smallest absolute Gasteiger partial charge is 0.301 e. The summed E-state index contributed by atoms with van der Waals surface area (Å²) in [6, 6.07) is 13.8. The fraction of sp³-hybridized carbons (Fsp3) is 0.174. The summed E-state index contributed by atoms with van der Waals surface area (Å²) in [7, 11) is 0. The molecule has 5 nitrogen and oxygen atoms in total. The first kappa shape index (κ1) is 20.5. The van der Waals surface area contributed by atoms with E-state index in [1.807, 2.05) is 57.2 Å². The number of carbonyl (C=O) groups excluding carboxylic acids is 2. The number of halogens is 1. The summed E-state index contributed by atoms with van der Waals surface area (Å²) >= 11 is 4.78. The Morgan fingerprint density at radius 2 is 1.67 bits per heavy atom. The van der Waals surface area contributed by atoms with E-state index in [1.54, 1.807) is 12.1 Å². The van der Waals surface area contributed by atoms with E-state index in [9.17, 15) is 14.7 Å². The average molecular weight is 483 g/mol. The van der Waals surface area contributed by atoms with E-state index in [2.05, 4.69) is 20.9 Å². The van der Waals surface area contributed by atoms with Crippen LogP contribution in [0.5, 0.6) is 0 Å². The van der Waals surface area contributed by atoms with Gasteiger partial charge < -0.3 is 5.11 Å². The summed E-state index contributed by atoms with van der Waals surface area (Å²) in [6.45, 7) is 5.73. The molecule has 1 aromatic heterocycles. The second-order valence-electron chi connectivity index (χ2n) is 7.22. The van der Waals surface area contributed by atoms with Crippen LogP contribution in [0.15, 0.2) is 58.6 Å².